The molecule has 0 unspecified atom stereocenters. The average molecular weight is 415 g/mol. The van der Waals surface area contributed by atoms with E-state index in [4.69, 9.17) is 0 Å². The van der Waals surface area contributed by atoms with E-state index >= 15 is 0 Å². The van der Waals surface area contributed by atoms with Gasteiger partial charge in [-0.25, -0.2) is 0 Å². The maximum absolute atomic E-state index is 13.1. The van der Waals surface area contributed by atoms with Crippen LogP contribution in [-0.4, -0.2) is 36.3 Å². The van der Waals surface area contributed by atoms with Crippen molar-refractivity contribution in [1.82, 2.24) is 4.90 Å². The largest absolute Gasteiger partial charge is 0.388 e. The highest BCUT2D eigenvalue weighted by molar-refractivity contribution is 7.90. The summed E-state index contributed by atoms with van der Waals surface area (Å²) in [6.07, 6.45) is 0.744. The fraction of sp³-hybridized carbons (Fsp3) is 0.435. The number of piperidine rings is 1. The number of hydrogen-bond acceptors (Lipinski definition) is 3. The van der Waals surface area contributed by atoms with Crippen LogP contribution in [-0.2, 0) is 10.0 Å². The van der Waals surface area contributed by atoms with Crippen molar-refractivity contribution < 1.29 is 13.5 Å². The zero-order valence-electron chi connectivity index (χ0n) is 17.5. The summed E-state index contributed by atoms with van der Waals surface area (Å²) >= 11 is 0. The van der Waals surface area contributed by atoms with Crippen molar-refractivity contribution in [2.75, 3.05) is 6.54 Å². The zero-order chi connectivity index (χ0) is 21.2. The number of nitrogens with zero attached hydrogens (tertiary/aromatic N) is 2. The van der Waals surface area contributed by atoms with Crippen molar-refractivity contribution in [1.29, 1.82) is 0 Å². The van der Waals surface area contributed by atoms with Crippen molar-refractivity contribution >= 4 is 15.9 Å². The Labute approximate surface area is 174 Å². The minimum atomic E-state index is -3.88. The second kappa shape index (κ2) is 8.28. The maximum atomic E-state index is 13.1. The molecule has 1 saturated heterocycles. The first-order valence-electron chi connectivity index (χ1n) is 10.0. The summed E-state index contributed by atoms with van der Waals surface area (Å²) < 4.78 is 30.5. The van der Waals surface area contributed by atoms with Gasteiger partial charge in [0.2, 0.25) is 0 Å². The van der Waals surface area contributed by atoms with E-state index < -0.39 is 16.1 Å². The minimum absolute atomic E-state index is 0.169. The highest BCUT2D eigenvalue weighted by Crippen LogP contribution is 2.35. The molecule has 29 heavy (non-hydrogen) atoms. The van der Waals surface area contributed by atoms with Crippen LogP contribution in [0.2, 0.25) is 0 Å². The van der Waals surface area contributed by atoms with Gasteiger partial charge in [0.25, 0.3) is 10.0 Å². The molecule has 6 heteroatoms. The molecule has 0 spiro atoms. The standard InChI is InChI=1S/C23H30N2O3S/c1-17-12-14-19(15-13-17)29(27,28)24-22-20(11-8-16-25(22)23(2,3)4)21(26)18-9-6-5-7-10-18/h5-7,9-10,12-15,20-21,26H,8,11,16H2,1-4H3/b24-22+/t20-,21+/m1/s1. The summed E-state index contributed by atoms with van der Waals surface area (Å²) in [7, 11) is -3.88. The first-order valence-corrected chi connectivity index (χ1v) is 11.5. The molecule has 1 heterocycles. The smallest absolute Gasteiger partial charge is 0.283 e. The van der Waals surface area contributed by atoms with Crippen LogP contribution < -0.4 is 0 Å². The van der Waals surface area contributed by atoms with Gasteiger partial charge in [0, 0.05) is 18.0 Å². The first kappa shape index (κ1) is 21.5. The highest BCUT2D eigenvalue weighted by atomic mass is 32.2. The second-order valence-corrected chi connectivity index (χ2v) is 10.3. The third kappa shape index (κ3) is 4.87. The van der Waals surface area contributed by atoms with Crippen LogP contribution in [0.1, 0.15) is 50.8 Å². The van der Waals surface area contributed by atoms with Gasteiger partial charge >= 0.3 is 0 Å². The molecule has 2 aromatic carbocycles. The normalized spacial score (nSPS) is 20.7. The summed E-state index contributed by atoms with van der Waals surface area (Å²) in [6.45, 7) is 8.75. The van der Waals surface area contributed by atoms with Crippen LogP contribution in [0.15, 0.2) is 63.9 Å². The zero-order valence-corrected chi connectivity index (χ0v) is 18.4. The van der Waals surface area contributed by atoms with Crippen molar-refractivity contribution in [2.24, 2.45) is 10.3 Å². The molecule has 1 aliphatic heterocycles. The monoisotopic (exact) mass is 414 g/mol. The highest BCUT2D eigenvalue weighted by Gasteiger charge is 2.38. The predicted molar refractivity (Wildman–Crippen MR) is 116 cm³/mol. The molecule has 2 atom stereocenters. The van der Waals surface area contributed by atoms with Gasteiger partial charge in [-0.2, -0.15) is 8.42 Å². The van der Waals surface area contributed by atoms with Crippen LogP contribution in [0.25, 0.3) is 0 Å². The van der Waals surface area contributed by atoms with Crippen molar-refractivity contribution in [3.63, 3.8) is 0 Å². The number of amidine groups is 1. The topological polar surface area (TPSA) is 70.0 Å². The second-order valence-electron chi connectivity index (χ2n) is 8.66. The fourth-order valence-corrected chi connectivity index (χ4v) is 4.84. The number of sulfonamides is 1. The molecule has 1 fully saturated rings. The number of aliphatic hydroxyl groups is 1. The van der Waals surface area contributed by atoms with E-state index in [-0.39, 0.29) is 16.4 Å². The Balaban J connectivity index is 2.08. The number of benzene rings is 2. The Morgan fingerprint density at radius 3 is 2.28 bits per heavy atom. The van der Waals surface area contributed by atoms with Crippen LogP contribution in [0.3, 0.4) is 0 Å². The number of hydrogen-bond donors (Lipinski definition) is 1. The van der Waals surface area contributed by atoms with Crippen molar-refractivity contribution in [3.8, 4) is 0 Å². The molecule has 0 bridgehead atoms. The van der Waals surface area contributed by atoms with Crippen LogP contribution in [0, 0.1) is 12.8 Å². The lowest BCUT2D eigenvalue weighted by Crippen LogP contribution is -2.52. The molecule has 1 aliphatic rings. The molecule has 0 aromatic heterocycles. The predicted octanol–water partition coefficient (Wildman–Crippen LogP) is 4.33. The number of aliphatic hydroxyl groups excluding tert-OH is 1. The molecule has 0 amide bonds. The van der Waals surface area contributed by atoms with E-state index in [1.165, 1.54) is 0 Å². The number of rotatable bonds is 4. The van der Waals surface area contributed by atoms with Crippen LogP contribution >= 0.6 is 0 Å². The Morgan fingerprint density at radius 1 is 1.07 bits per heavy atom. The molecule has 0 saturated carbocycles. The Hall–Kier alpha value is -2.18. The summed E-state index contributed by atoms with van der Waals surface area (Å²) in [5.74, 6) is 0.0614. The molecule has 156 valence electrons. The van der Waals surface area contributed by atoms with Gasteiger partial charge in [0.1, 0.15) is 5.84 Å². The van der Waals surface area contributed by atoms with Crippen LogP contribution in [0.4, 0.5) is 0 Å². The third-order valence-corrected chi connectivity index (χ3v) is 6.66. The Bertz CT molecular complexity index is 961. The summed E-state index contributed by atoms with van der Waals surface area (Å²) in [5, 5.41) is 11.1. The third-order valence-electron chi connectivity index (χ3n) is 5.37. The molecule has 2 aromatic rings. The summed E-state index contributed by atoms with van der Waals surface area (Å²) in [6, 6.07) is 16.1. The number of likely N-dealkylation sites (tertiary alicyclic amines) is 1. The Kier molecular flexibility index (Phi) is 6.15. The molecular weight excluding hydrogens is 384 g/mol. The van der Waals surface area contributed by atoms with Gasteiger partial charge < -0.3 is 10.0 Å². The lowest BCUT2D eigenvalue weighted by Gasteiger charge is -2.45. The minimum Gasteiger partial charge on any atom is -0.388 e. The SMILES string of the molecule is Cc1ccc(S(=O)(=O)/N=C2\[C@@H]([C@@H](O)c3ccccc3)CCCN2C(C)(C)C)cc1. The van der Waals surface area contributed by atoms with Gasteiger partial charge in [0.15, 0.2) is 0 Å². The van der Waals surface area contributed by atoms with Crippen LogP contribution in [0.5, 0.6) is 0 Å². The molecule has 1 N–H and O–H groups in total. The maximum Gasteiger partial charge on any atom is 0.283 e. The van der Waals surface area contributed by atoms with E-state index in [1.807, 2.05) is 62.9 Å². The van der Waals surface area contributed by atoms with E-state index in [0.717, 1.165) is 17.5 Å². The lowest BCUT2D eigenvalue weighted by atomic mass is 9.85. The van der Waals surface area contributed by atoms with Gasteiger partial charge in [-0.3, -0.25) is 0 Å². The van der Waals surface area contributed by atoms with Gasteiger partial charge in [0.05, 0.1) is 11.0 Å². The van der Waals surface area contributed by atoms with Gasteiger partial charge in [-0.1, -0.05) is 48.0 Å². The quantitative estimate of drug-likeness (QED) is 0.809. The first-order chi connectivity index (χ1) is 13.6. The van der Waals surface area contributed by atoms with E-state index in [9.17, 15) is 13.5 Å². The molecule has 5 nitrogen and oxygen atoms in total. The molecule has 3 rings (SSSR count). The van der Waals surface area contributed by atoms with Crippen molar-refractivity contribution in [2.45, 2.75) is 57.1 Å². The summed E-state index contributed by atoms with van der Waals surface area (Å²) in [5.41, 5.74) is 1.45. The van der Waals surface area contributed by atoms with Gasteiger partial charge in [-0.05, 0) is 58.2 Å². The average Bonchev–Trinajstić information content (AvgIpc) is 2.67. The number of aryl methyl sites for hydroxylation is 1. The van der Waals surface area contributed by atoms with E-state index in [0.29, 0.717) is 18.8 Å². The summed E-state index contributed by atoms with van der Waals surface area (Å²) in [4.78, 5) is 2.20. The Morgan fingerprint density at radius 2 is 1.69 bits per heavy atom. The molecular formula is C23H30N2O3S. The molecule has 0 radical (unpaired) electrons. The van der Waals surface area contributed by atoms with Gasteiger partial charge in [-0.15, -0.1) is 4.40 Å². The van der Waals surface area contributed by atoms with E-state index in [1.54, 1.807) is 24.3 Å². The lowest BCUT2D eigenvalue weighted by molar-refractivity contribution is 0.101. The van der Waals surface area contributed by atoms with E-state index in [2.05, 4.69) is 4.40 Å². The van der Waals surface area contributed by atoms with Crippen molar-refractivity contribution in [3.05, 3.63) is 65.7 Å². The fourth-order valence-electron chi connectivity index (χ4n) is 3.78. The molecule has 0 aliphatic carbocycles.